The summed E-state index contributed by atoms with van der Waals surface area (Å²) in [6.45, 7) is 0.0757. The standard InChI is InChI=1S/C21H20FN3O6/c1-27-17-8-13(18(28-2)20-19(17)29-11-30-20)7-14-9-16(25-31-14)21(26)24-23-10-12-5-3-4-6-15(12)22/h3-6,8,10,14H,7,9,11H2,1-2H3,(H,24,26). The van der Waals surface area contributed by atoms with Crippen molar-refractivity contribution in [1.29, 1.82) is 0 Å². The average molecular weight is 429 g/mol. The molecule has 2 aliphatic heterocycles. The highest BCUT2D eigenvalue weighted by Crippen LogP contribution is 2.49. The van der Waals surface area contributed by atoms with Gasteiger partial charge in [0.15, 0.2) is 11.5 Å². The Morgan fingerprint density at radius 2 is 2.10 bits per heavy atom. The molecule has 0 radical (unpaired) electrons. The van der Waals surface area contributed by atoms with Crippen LogP contribution < -0.4 is 24.4 Å². The maximum atomic E-state index is 13.6. The highest BCUT2D eigenvalue weighted by molar-refractivity contribution is 6.39. The lowest BCUT2D eigenvalue weighted by Gasteiger charge is -2.15. The van der Waals surface area contributed by atoms with Crippen LogP contribution in [0.2, 0.25) is 0 Å². The van der Waals surface area contributed by atoms with Crippen molar-refractivity contribution in [1.82, 2.24) is 5.43 Å². The monoisotopic (exact) mass is 429 g/mol. The van der Waals surface area contributed by atoms with Gasteiger partial charge in [-0.3, -0.25) is 4.79 Å². The summed E-state index contributed by atoms with van der Waals surface area (Å²) in [5, 5.41) is 7.63. The van der Waals surface area contributed by atoms with Crippen LogP contribution in [0.15, 0.2) is 40.6 Å². The molecule has 0 fully saturated rings. The fourth-order valence-corrected chi connectivity index (χ4v) is 3.31. The Morgan fingerprint density at radius 1 is 1.29 bits per heavy atom. The van der Waals surface area contributed by atoms with Crippen LogP contribution in [0.1, 0.15) is 17.5 Å². The summed E-state index contributed by atoms with van der Waals surface area (Å²) in [5.41, 5.74) is 3.54. The van der Waals surface area contributed by atoms with E-state index in [1.165, 1.54) is 26.5 Å². The topological polar surface area (TPSA) is 100.0 Å². The number of hydrogen-bond donors (Lipinski definition) is 1. The lowest BCUT2D eigenvalue weighted by atomic mass is 10.0. The van der Waals surface area contributed by atoms with E-state index >= 15 is 0 Å². The van der Waals surface area contributed by atoms with Gasteiger partial charge in [0.2, 0.25) is 18.3 Å². The predicted molar refractivity (Wildman–Crippen MR) is 108 cm³/mol. The number of nitrogens with zero attached hydrogens (tertiary/aromatic N) is 2. The van der Waals surface area contributed by atoms with Gasteiger partial charge in [-0.15, -0.1) is 0 Å². The summed E-state index contributed by atoms with van der Waals surface area (Å²) >= 11 is 0. The van der Waals surface area contributed by atoms with Crippen LogP contribution in [0.3, 0.4) is 0 Å². The number of carbonyl (C=O) groups excluding carboxylic acids is 1. The smallest absolute Gasteiger partial charge is 0.289 e. The molecule has 31 heavy (non-hydrogen) atoms. The third-order valence-corrected chi connectivity index (χ3v) is 4.78. The largest absolute Gasteiger partial charge is 0.493 e. The van der Waals surface area contributed by atoms with Gasteiger partial charge in [-0.1, -0.05) is 23.4 Å². The Morgan fingerprint density at radius 3 is 2.87 bits per heavy atom. The molecule has 1 unspecified atom stereocenters. The third-order valence-electron chi connectivity index (χ3n) is 4.78. The van der Waals surface area contributed by atoms with Crippen LogP contribution in [0, 0.1) is 5.82 Å². The molecule has 2 aromatic carbocycles. The molecular weight excluding hydrogens is 409 g/mol. The number of methoxy groups -OCH3 is 2. The van der Waals surface area contributed by atoms with Gasteiger partial charge in [-0.05, 0) is 12.1 Å². The lowest BCUT2D eigenvalue weighted by molar-refractivity contribution is -0.114. The number of halogens is 1. The van der Waals surface area contributed by atoms with Crippen LogP contribution in [-0.4, -0.2) is 44.9 Å². The number of ether oxygens (including phenoxy) is 4. The Kier molecular flexibility index (Phi) is 5.87. The molecule has 1 amide bonds. The quantitative estimate of drug-likeness (QED) is 0.536. The number of rotatable bonds is 7. The fourth-order valence-electron chi connectivity index (χ4n) is 3.31. The molecule has 9 nitrogen and oxygen atoms in total. The predicted octanol–water partition coefficient (Wildman–Crippen LogP) is 2.41. The number of carbonyl (C=O) groups is 1. The molecule has 0 spiro atoms. The molecule has 1 atom stereocenters. The summed E-state index contributed by atoms with van der Waals surface area (Å²) < 4.78 is 35.4. The molecule has 0 aromatic heterocycles. The van der Waals surface area contributed by atoms with E-state index in [0.717, 1.165) is 5.56 Å². The second kappa shape index (κ2) is 8.90. The number of hydrogen-bond acceptors (Lipinski definition) is 8. The molecule has 1 N–H and O–H groups in total. The first-order valence-corrected chi connectivity index (χ1v) is 9.44. The fraction of sp³-hybridized carbons (Fsp3) is 0.286. The van der Waals surface area contributed by atoms with Crippen LogP contribution >= 0.6 is 0 Å². The maximum absolute atomic E-state index is 13.6. The van der Waals surface area contributed by atoms with Crippen molar-refractivity contribution in [3.63, 3.8) is 0 Å². The summed E-state index contributed by atoms with van der Waals surface area (Å²) in [7, 11) is 3.07. The molecule has 0 aliphatic carbocycles. The average Bonchev–Trinajstić information content (AvgIpc) is 3.44. The number of nitrogens with one attached hydrogen (secondary N) is 1. The van der Waals surface area contributed by atoms with E-state index in [2.05, 4.69) is 15.7 Å². The van der Waals surface area contributed by atoms with E-state index in [4.69, 9.17) is 23.8 Å². The van der Waals surface area contributed by atoms with Crippen LogP contribution in [-0.2, 0) is 16.1 Å². The highest BCUT2D eigenvalue weighted by atomic mass is 19.1. The summed E-state index contributed by atoms with van der Waals surface area (Å²) in [6.07, 6.45) is 1.50. The first-order chi connectivity index (χ1) is 15.1. The van der Waals surface area contributed by atoms with E-state index < -0.39 is 17.8 Å². The van der Waals surface area contributed by atoms with Gasteiger partial charge >= 0.3 is 0 Å². The molecule has 0 saturated heterocycles. The van der Waals surface area contributed by atoms with Crippen molar-refractivity contribution in [2.24, 2.45) is 10.3 Å². The van der Waals surface area contributed by atoms with Gasteiger partial charge < -0.3 is 23.8 Å². The van der Waals surface area contributed by atoms with Crippen LogP contribution in [0.25, 0.3) is 0 Å². The number of oxime groups is 1. The second-order valence-electron chi connectivity index (χ2n) is 6.73. The minimum atomic E-state index is -0.523. The number of fused-ring (bicyclic) bond motifs is 1. The molecule has 162 valence electrons. The summed E-state index contributed by atoms with van der Waals surface area (Å²) in [5.74, 6) is 1.03. The minimum Gasteiger partial charge on any atom is -0.493 e. The molecular formula is C21H20FN3O6. The molecule has 0 saturated carbocycles. The summed E-state index contributed by atoms with van der Waals surface area (Å²) in [6, 6.07) is 7.88. The summed E-state index contributed by atoms with van der Waals surface area (Å²) in [4.78, 5) is 17.7. The maximum Gasteiger partial charge on any atom is 0.289 e. The molecule has 4 rings (SSSR count). The van der Waals surface area contributed by atoms with Crippen molar-refractivity contribution in [2.75, 3.05) is 21.0 Å². The Hall–Kier alpha value is -3.82. The van der Waals surface area contributed by atoms with Gasteiger partial charge in [-0.25, -0.2) is 9.82 Å². The van der Waals surface area contributed by atoms with Gasteiger partial charge in [0.1, 0.15) is 17.6 Å². The first kappa shape index (κ1) is 20.5. The zero-order valence-electron chi connectivity index (χ0n) is 16.9. The molecule has 10 heteroatoms. The van der Waals surface area contributed by atoms with E-state index in [-0.39, 0.29) is 24.5 Å². The van der Waals surface area contributed by atoms with E-state index in [0.29, 0.717) is 29.4 Å². The molecule has 2 aromatic rings. The SMILES string of the molecule is COc1cc(CC2CC(C(=O)NN=Cc3ccccc3F)=NO2)c(OC)c2c1OCO2. The Bertz CT molecular complexity index is 1060. The van der Waals surface area contributed by atoms with Crippen LogP contribution in [0.4, 0.5) is 4.39 Å². The van der Waals surface area contributed by atoms with Crippen LogP contribution in [0.5, 0.6) is 23.0 Å². The van der Waals surface area contributed by atoms with E-state index in [1.807, 2.05) is 0 Å². The normalized spacial score (nSPS) is 16.7. The number of benzene rings is 2. The van der Waals surface area contributed by atoms with Crippen molar-refractivity contribution in [3.8, 4) is 23.0 Å². The second-order valence-corrected chi connectivity index (χ2v) is 6.73. The van der Waals surface area contributed by atoms with E-state index in [9.17, 15) is 9.18 Å². The minimum absolute atomic E-state index is 0.0757. The number of hydrazone groups is 1. The molecule has 0 bridgehead atoms. The van der Waals surface area contributed by atoms with Crippen molar-refractivity contribution >= 4 is 17.8 Å². The van der Waals surface area contributed by atoms with Gasteiger partial charge in [0.05, 0.1) is 20.4 Å². The molecule has 2 heterocycles. The zero-order valence-corrected chi connectivity index (χ0v) is 16.9. The van der Waals surface area contributed by atoms with Gasteiger partial charge in [-0.2, -0.15) is 5.10 Å². The van der Waals surface area contributed by atoms with Crippen molar-refractivity contribution in [2.45, 2.75) is 18.9 Å². The highest BCUT2D eigenvalue weighted by Gasteiger charge is 2.31. The first-order valence-electron chi connectivity index (χ1n) is 9.44. The number of amides is 1. The van der Waals surface area contributed by atoms with Gasteiger partial charge in [0.25, 0.3) is 5.91 Å². The third kappa shape index (κ3) is 4.23. The van der Waals surface area contributed by atoms with Gasteiger partial charge in [0, 0.05) is 24.0 Å². The van der Waals surface area contributed by atoms with Crippen molar-refractivity contribution in [3.05, 3.63) is 47.3 Å². The Labute approximate surface area is 177 Å². The molecule has 2 aliphatic rings. The lowest BCUT2D eigenvalue weighted by Crippen LogP contribution is -2.27. The van der Waals surface area contributed by atoms with Crippen molar-refractivity contribution < 1.29 is 33.0 Å². The zero-order chi connectivity index (χ0) is 21.8. The van der Waals surface area contributed by atoms with E-state index in [1.54, 1.807) is 24.3 Å². The Balaban J connectivity index is 1.39.